The van der Waals surface area contributed by atoms with E-state index in [0.29, 0.717) is 5.75 Å². The molecule has 1 saturated heterocycles. The first-order valence-electron chi connectivity index (χ1n) is 10.9. The molecule has 1 heterocycles. The molecule has 1 N–H and O–H groups in total. The van der Waals surface area contributed by atoms with Gasteiger partial charge in [-0.1, -0.05) is 55.5 Å². The van der Waals surface area contributed by atoms with Crippen molar-refractivity contribution in [1.82, 2.24) is 0 Å². The molecule has 4 nitrogen and oxygen atoms in total. The van der Waals surface area contributed by atoms with Gasteiger partial charge in [0.05, 0.1) is 11.7 Å². The van der Waals surface area contributed by atoms with Gasteiger partial charge in [0, 0.05) is 11.4 Å². The van der Waals surface area contributed by atoms with Gasteiger partial charge in [-0.05, 0) is 66.8 Å². The van der Waals surface area contributed by atoms with Gasteiger partial charge in [-0.3, -0.25) is 14.5 Å². The van der Waals surface area contributed by atoms with Gasteiger partial charge in [0.1, 0.15) is 5.37 Å². The Morgan fingerprint density at radius 3 is 2.53 bits per heavy atom. The molecule has 2 amide bonds. The molecule has 32 heavy (non-hydrogen) atoms. The molecule has 0 aliphatic carbocycles. The van der Waals surface area contributed by atoms with E-state index in [2.05, 4.69) is 31.3 Å². The summed E-state index contributed by atoms with van der Waals surface area (Å²) in [5.41, 5.74) is 6.06. The fourth-order valence-corrected chi connectivity index (χ4v) is 5.25. The smallest absolute Gasteiger partial charge is 0.238 e. The molecule has 2 atom stereocenters. The molecule has 0 bridgehead atoms. The van der Waals surface area contributed by atoms with Crippen LogP contribution in [-0.4, -0.2) is 17.6 Å². The Bertz CT molecular complexity index is 1130. The fraction of sp³-hybridized carbons (Fsp3) is 0.259. The Balaban J connectivity index is 1.57. The number of carbonyl (C=O) groups is 2. The molecule has 1 fully saturated rings. The quantitative estimate of drug-likeness (QED) is 0.491. The van der Waals surface area contributed by atoms with Gasteiger partial charge in [0.2, 0.25) is 11.8 Å². The Kier molecular flexibility index (Phi) is 6.66. The molecule has 2 unspecified atom stereocenters. The minimum atomic E-state index is -0.200. The standard InChI is InChI=1S/C27H28N2O2S/c1-4-24(20-9-6-5-7-10-20)26(31)28-22-12-8-11-21(16-22)27-29(25(30)17-32-27)23-14-13-18(2)19(3)15-23/h5-16,24,27H,4,17H2,1-3H3,(H,28,31). The number of nitrogens with zero attached hydrogens (tertiary/aromatic N) is 1. The number of carbonyl (C=O) groups excluding carboxylic acids is 2. The monoisotopic (exact) mass is 444 g/mol. The molecule has 0 radical (unpaired) electrons. The van der Waals surface area contributed by atoms with Crippen molar-refractivity contribution in [2.24, 2.45) is 0 Å². The highest BCUT2D eigenvalue weighted by Gasteiger charge is 2.34. The van der Waals surface area contributed by atoms with Crippen LogP contribution in [-0.2, 0) is 9.59 Å². The molecule has 3 aromatic carbocycles. The van der Waals surface area contributed by atoms with Gasteiger partial charge in [0.15, 0.2) is 0 Å². The second kappa shape index (κ2) is 9.61. The normalized spacial score (nSPS) is 16.8. The molecule has 1 aliphatic heterocycles. The average Bonchev–Trinajstić information content (AvgIpc) is 3.18. The highest BCUT2D eigenvalue weighted by atomic mass is 32.2. The molecular formula is C27H28N2O2S. The van der Waals surface area contributed by atoms with E-state index in [0.717, 1.165) is 28.9 Å². The number of hydrogen-bond acceptors (Lipinski definition) is 3. The van der Waals surface area contributed by atoms with Crippen LogP contribution in [0.2, 0.25) is 0 Å². The second-order valence-electron chi connectivity index (χ2n) is 8.18. The highest BCUT2D eigenvalue weighted by molar-refractivity contribution is 8.00. The number of amides is 2. The first kappa shape index (κ1) is 22.2. The van der Waals surface area contributed by atoms with Gasteiger partial charge in [-0.2, -0.15) is 0 Å². The summed E-state index contributed by atoms with van der Waals surface area (Å²) < 4.78 is 0. The van der Waals surface area contributed by atoms with Crippen LogP contribution in [0, 0.1) is 13.8 Å². The van der Waals surface area contributed by atoms with Crippen LogP contribution in [0.3, 0.4) is 0 Å². The highest BCUT2D eigenvalue weighted by Crippen LogP contribution is 2.42. The van der Waals surface area contributed by atoms with Crippen LogP contribution in [0.5, 0.6) is 0 Å². The predicted molar refractivity (Wildman–Crippen MR) is 133 cm³/mol. The van der Waals surface area contributed by atoms with E-state index in [9.17, 15) is 9.59 Å². The largest absolute Gasteiger partial charge is 0.326 e. The molecule has 3 aromatic rings. The summed E-state index contributed by atoms with van der Waals surface area (Å²) >= 11 is 1.62. The number of rotatable bonds is 6. The van der Waals surface area contributed by atoms with Crippen LogP contribution in [0.15, 0.2) is 72.8 Å². The number of thioether (sulfide) groups is 1. The SMILES string of the molecule is CCC(C(=O)Nc1cccc(C2SCC(=O)N2c2ccc(C)c(C)c2)c1)c1ccccc1. The van der Waals surface area contributed by atoms with E-state index < -0.39 is 0 Å². The lowest BCUT2D eigenvalue weighted by Gasteiger charge is -2.25. The summed E-state index contributed by atoms with van der Waals surface area (Å²) in [4.78, 5) is 27.6. The lowest BCUT2D eigenvalue weighted by atomic mass is 9.95. The van der Waals surface area contributed by atoms with Crippen molar-refractivity contribution in [2.45, 2.75) is 38.5 Å². The maximum atomic E-state index is 13.0. The molecule has 5 heteroatoms. The lowest BCUT2D eigenvalue weighted by molar-refractivity contribution is -0.118. The summed E-state index contributed by atoms with van der Waals surface area (Å²) in [7, 11) is 0. The molecule has 4 rings (SSSR count). The van der Waals surface area contributed by atoms with E-state index in [-0.39, 0.29) is 23.1 Å². The number of hydrogen-bond donors (Lipinski definition) is 1. The third-order valence-electron chi connectivity index (χ3n) is 6.00. The van der Waals surface area contributed by atoms with Crippen molar-refractivity contribution in [2.75, 3.05) is 16.0 Å². The fourth-order valence-electron chi connectivity index (χ4n) is 4.08. The van der Waals surface area contributed by atoms with E-state index in [1.54, 1.807) is 11.8 Å². The number of nitrogens with one attached hydrogen (secondary N) is 1. The molecule has 164 valence electrons. The summed E-state index contributed by atoms with van der Waals surface area (Å²) in [5, 5.41) is 2.97. The molecule has 1 aliphatic rings. The third kappa shape index (κ3) is 4.58. The topological polar surface area (TPSA) is 49.4 Å². The van der Waals surface area contributed by atoms with Gasteiger partial charge >= 0.3 is 0 Å². The van der Waals surface area contributed by atoms with E-state index in [1.165, 1.54) is 11.1 Å². The van der Waals surface area contributed by atoms with Crippen LogP contribution in [0.1, 0.15) is 46.9 Å². The van der Waals surface area contributed by atoms with Gasteiger partial charge in [-0.15, -0.1) is 11.8 Å². The first-order valence-corrected chi connectivity index (χ1v) is 12.0. The van der Waals surface area contributed by atoms with Crippen LogP contribution in [0.25, 0.3) is 0 Å². The first-order chi connectivity index (χ1) is 15.5. The zero-order valence-corrected chi connectivity index (χ0v) is 19.5. The Hall–Kier alpha value is -3.05. The van der Waals surface area contributed by atoms with Crippen LogP contribution in [0.4, 0.5) is 11.4 Å². The molecule has 0 aromatic heterocycles. The Morgan fingerprint density at radius 2 is 1.81 bits per heavy atom. The summed E-state index contributed by atoms with van der Waals surface area (Å²) in [6, 6.07) is 23.9. The number of aryl methyl sites for hydroxylation is 2. The van der Waals surface area contributed by atoms with Crippen LogP contribution >= 0.6 is 11.8 Å². The zero-order valence-electron chi connectivity index (χ0n) is 18.7. The Labute approximate surface area is 194 Å². The van der Waals surface area contributed by atoms with Gasteiger partial charge in [0.25, 0.3) is 0 Å². The second-order valence-corrected chi connectivity index (χ2v) is 9.25. The third-order valence-corrected chi connectivity index (χ3v) is 7.21. The predicted octanol–water partition coefficient (Wildman–Crippen LogP) is 6.21. The zero-order chi connectivity index (χ0) is 22.7. The van der Waals surface area contributed by atoms with Crippen molar-refractivity contribution in [3.05, 3.63) is 95.1 Å². The van der Waals surface area contributed by atoms with Crippen molar-refractivity contribution in [3.63, 3.8) is 0 Å². The minimum Gasteiger partial charge on any atom is -0.326 e. The summed E-state index contributed by atoms with van der Waals surface area (Å²) in [6.07, 6.45) is 0.725. The summed E-state index contributed by atoms with van der Waals surface area (Å²) in [5.74, 6) is 0.333. The van der Waals surface area contributed by atoms with Crippen molar-refractivity contribution < 1.29 is 9.59 Å². The van der Waals surface area contributed by atoms with Crippen LogP contribution < -0.4 is 10.2 Å². The van der Waals surface area contributed by atoms with Gasteiger partial charge < -0.3 is 5.32 Å². The average molecular weight is 445 g/mol. The molecular weight excluding hydrogens is 416 g/mol. The number of benzene rings is 3. The molecule has 0 spiro atoms. The van der Waals surface area contributed by atoms with Crippen molar-refractivity contribution >= 4 is 35.0 Å². The maximum Gasteiger partial charge on any atom is 0.238 e. The minimum absolute atomic E-state index is 0.0167. The van der Waals surface area contributed by atoms with E-state index in [4.69, 9.17) is 0 Å². The molecule has 0 saturated carbocycles. The van der Waals surface area contributed by atoms with Crippen molar-refractivity contribution in [3.8, 4) is 0 Å². The van der Waals surface area contributed by atoms with E-state index >= 15 is 0 Å². The lowest BCUT2D eigenvalue weighted by Crippen LogP contribution is -2.28. The maximum absolute atomic E-state index is 13.0. The van der Waals surface area contributed by atoms with Gasteiger partial charge in [-0.25, -0.2) is 0 Å². The Morgan fingerprint density at radius 1 is 1.03 bits per heavy atom. The summed E-state index contributed by atoms with van der Waals surface area (Å²) in [6.45, 7) is 6.16. The number of anilines is 2. The van der Waals surface area contributed by atoms with E-state index in [1.807, 2.05) is 72.5 Å². The van der Waals surface area contributed by atoms with Crippen molar-refractivity contribution in [1.29, 1.82) is 0 Å².